The lowest BCUT2D eigenvalue weighted by Crippen LogP contribution is -2.08. The van der Waals surface area contributed by atoms with E-state index in [2.05, 4.69) is 4.42 Å². The number of phenols is 1. The molecule has 3 nitrogen and oxygen atoms in total. The topological polar surface area (TPSA) is 50.4 Å². The summed E-state index contributed by atoms with van der Waals surface area (Å²) in [7, 11) is 0. The lowest BCUT2D eigenvalue weighted by Gasteiger charge is -2.11. The molecular formula is C11H7F3O3. The molecule has 1 heterocycles. The fraction of sp³-hybridized carbons (Fsp3) is 0.182. The van der Waals surface area contributed by atoms with Crippen LogP contribution in [0.5, 0.6) is 5.75 Å². The summed E-state index contributed by atoms with van der Waals surface area (Å²) in [6.45, 7) is 1.38. The first-order chi connectivity index (χ1) is 7.79. The smallest absolute Gasteiger partial charge is 0.417 e. The molecule has 1 N–H and O–H groups in total. The molecule has 0 spiro atoms. The van der Waals surface area contributed by atoms with Gasteiger partial charge in [-0.2, -0.15) is 13.2 Å². The molecular weight excluding hydrogens is 237 g/mol. The molecule has 0 aliphatic carbocycles. The predicted molar refractivity (Wildman–Crippen MR) is 53.9 cm³/mol. The van der Waals surface area contributed by atoms with Crippen LogP contribution in [-0.2, 0) is 6.18 Å². The van der Waals surface area contributed by atoms with E-state index in [0.29, 0.717) is 6.07 Å². The van der Waals surface area contributed by atoms with Crippen LogP contribution in [0.4, 0.5) is 13.2 Å². The SMILES string of the molecule is Cc1cc(=O)oc2cc(O)cc(C(F)(F)F)c12. The lowest BCUT2D eigenvalue weighted by atomic mass is 10.0. The number of hydrogen-bond donors (Lipinski definition) is 1. The molecule has 6 heteroatoms. The Bertz CT molecular complexity index is 641. The highest BCUT2D eigenvalue weighted by atomic mass is 19.4. The minimum absolute atomic E-state index is 0.156. The largest absolute Gasteiger partial charge is 0.508 e. The summed E-state index contributed by atoms with van der Waals surface area (Å²) < 4.78 is 42.9. The molecule has 0 unspecified atom stereocenters. The van der Waals surface area contributed by atoms with Crippen LogP contribution in [0, 0.1) is 6.92 Å². The van der Waals surface area contributed by atoms with Gasteiger partial charge in [0.2, 0.25) is 0 Å². The van der Waals surface area contributed by atoms with E-state index in [1.54, 1.807) is 0 Å². The Morgan fingerprint density at radius 1 is 1.24 bits per heavy atom. The molecule has 0 saturated heterocycles. The van der Waals surface area contributed by atoms with Gasteiger partial charge >= 0.3 is 11.8 Å². The van der Waals surface area contributed by atoms with E-state index in [1.807, 2.05) is 0 Å². The number of hydrogen-bond acceptors (Lipinski definition) is 3. The molecule has 1 aromatic carbocycles. The number of halogens is 3. The molecule has 2 rings (SSSR count). The maximum absolute atomic E-state index is 12.7. The third kappa shape index (κ3) is 1.98. The molecule has 0 saturated carbocycles. The Morgan fingerprint density at radius 2 is 1.88 bits per heavy atom. The third-order valence-electron chi connectivity index (χ3n) is 2.33. The fourth-order valence-corrected chi connectivity index (χ4v) is 1.70. The highest BCUT2D eigenvalue weighted by Crippen LogP contribution is 2.38. The van der Waals surface area contributed by atoms with Crippen molar-refractivity contribution in [3.8, 4) is 5.75 Å². The van der Waals surface area contributed by atoms with Gasteiger partial charge in [-0.3, -0.25) is 0 Å². The van der Waals surface area contributed by atoms with E-state index in [9.17, 15) is 23.1 Å². The maximum Gasteiger partial charge on any atom is 0.417 e. The quantitative estimate of drug-likeness (QED) is 0.725. The van der Waals surface area contributed by atoms with E-state index < -0.39 is 23.1 Å². The summed E-state index contributed by atoms with van der Waals surface area (Å²) in [4.78, 5) is 11.0. The van der Waals surface area contributed by atoms with Crippen molar-refractivity contribution in [2.45, 2.75) is 13.1 Å². The zero-order valence-corrected chi connectivity index (χ0v) is 8.63. The Labute approximate surface area is 93.1 Å². The number of aryl methyl sites for hydroxylation is 1. The maximum atomic E-state index is 12.7. The standard InChI is InChI=1S/C11H7F3O3/c1-5-2-9(16)17-8-4-6(15)3-7(10(5)8)11(12,13)14/h2-4,15H,1H3. The molecule has 17 heavy (non-hydrogen) atoms. The molecule has 0 aliphatic heterocycles. The molecule has 2 aromatic rings. The Balaban J connectivity index is 2.98. The minimum Gasteiger partial charge on any atom is -0.508 e. The van der Waals surface area contributed by atoms with Crippen LogP contribution < -0.4 is 5.63 Å². The predicted octanol–water partition coefficient (Wildman–Crippen LogP) is 2.83. The highest BCUT2D eigenvalue weighted by Gasteiger charge is 2.34. The van der Waals surface area contributed by atoms with E-state index in [0.717, 1.165) is 12.1 Å². The van der Waals surface area contributed by atoms with Gasteiger partial charge in [-0.15, -0.1) is 0 Å². The number of rotatable bonds is 0. The Kier molecular flexibility index (Phi) is 2.38. The van der Waals surface area contributed by atoms with Crippen molar-refractivity contribution < 1.29 is 22.7 Å². The molecule has 0 radical (unpaired) electrons. The van der Waals surface area contributed by atoms with Crippen LogP contribution in [0.15, 0.2) is 27.4 Å². The van der Waals surface area contributed by atoms with Crippen molar-refractivity contribution in [3.05, 3.63) is 39.7 Å². The number of alkyl halides is 3. The summed E-state index contributed by atoms with van der Waals surface area (Å²) >= 11 is 0. The molecule has 0 aliphatic rings. The van der Waals surface area contributed by atoms with Crippen molar-refractivity contribution in [1.29, 1.82) is 0 Å². The zero-order chi connectivity index (χ0) is 12.8. The van der Waals surface area contributed by atoms with E-state index in [-0.39, 0.29) is 16.5 Å². The van der Waals surface area contributed by atoms with Gasteiger partial charge in [0.15, 0.2) is 0 Å². The number of benzene rings is 1. The fourth-order valence-electron chi connectivity index (χ4n) is 1.70. The monoisotopic (exact) mass is 244 g/mol. The second-order valence-electron chi connectivity index (χ2n) is 3.61. The van der Waals surface area contributed by atoms with Crippen molar-refractivity contribution in [1.82, 2.24) is 0 Å². The lowest BCUT2D eigenvalue weighted by molar-refractivity contribution is -0.136. The highest BCUT2D eigenvalue weighted by molar-refractivity contribution is 5.85. The number of aromatic hydroxyl groups is 1. The summed E-state index contributed by atoms with van der Waals surface area (Å²) in [5.41, 5.74) is -1.90. The first-order valence-corrected chi connectivity index (χ1v) is 4.63. The van der Waals surface area contributed by atoms with Gasteiger partial charge in [-0.1, -0.05) is 0 Å². The van der Waals surface area contributed by atoms with Crippen molar-refractivity contribution in [2.24, 2.45) is 0 Å². The second kappa shape index (κ2) is 3.51. The first kappa shape index (κ1) is 11.5. The van der Waals surface area contributed by atoms with Gasteiger partial charge < -0.3 is 9.52 Å². The average molecular weight is 244 g/mol. The van der Waals surface area contributed by atoms with Crippen LogP contribution >= 0.6 is 0 Å². The van der Waals surface area contributed by atoms with E-state index in [1.165, 1.54) is 6.92 Å². The normalized spacial score (nSPS) is 12.0. The van der Waals surface area contributed by atoms with E-state index in [4.69, 9.17) is 0 Å². The number of fused-ring (bicyclic) bond motifs is 1. The summed E-state index contributed by atoms with van der Waals surface area (Å²) in [5, 5.41) is 8.98. The van der Waals surface area contributed by atoms with Gasteiger partial charge in [-0.25, -0.2) is 4.79 Å². The van der Waals surface area contributed by atoms with Gasteiger partial charge in [0.25, 0.3) is 0 Å². The van der Waals surface area contributed by atoms with Crippen LogP contribution in [-0.4, -0.2) is 5.11 Å². The second-order valence-corrected chi connectivity index (χ2v) is 3.61. The summed E-state index contributed by atoms with van der Waals surface area (Å²) in [6.07, 6.45) is -4.62. The van der Waals surface area contributed by atoms with Gasteiger partial charge in [0, 0.05) is 17.5 Å². The van der Waals surface area contributed by atoms with Gasteiger partial charge in [-0.05, 0) is 18.6 Å². The molecule has 90 valence electrons. The van der Waals surface area contributed by atoms with Gasteiger partial charge in [0.05, 0.1) is 5.56 Å². The van der Waals surface area contributed by atoms with Crippen molar-refractivity contribution in [3.63, 3.8) is 0 Å². The molecule has 0 atom stereocenters. The summed E-state index contributed by atoms with van der Waals surface area (Å²) in [5.74, 6) is -0.599. The van der Waals surface area contributed by atoms with Crippen LogP contribution in [0.1, 0.15) is 11.1 Å². The van der Waals surface area contributed by atoms with Gasteiger partial charge in [0.1, 0.15) is 11.3 Å². The minimum atomic E-state index is -4.62. The molecule has 0 fully saturated rings. The van der Waals surface area contributed by atoms with E-state index >= 15 is 0 Å². The van der Waals surface area contributed by atoms with Crippen LogP contribution in [0.25, 0.3) is 11.0 Å². The third-order valence-corrected chi connectivity index (χ3v) is 2.33. The molecule has 0 bridgehead atoms. The molecule has 1 aromatic heterocycles. The molecule has 0 amide bonds. The first-order valence-electron chi connectivity index (χ1n) is 4.63. The average Bonchev–Trinajstić information content (AvgIpc) is 2.13. The van der Waals surface area contributed by atoms with Crippen molar-refractivity contribution >= 4 is 11.0 Å². The Hall–Kier alpha value is -1.98. The Morgan fingerprint density at radius 3 is 2.47 bits per heavy atom. The zero-order valence-electron chi connectivity index (χ0n) is 8.63. The van der Waals surface area contributed by atoms with Crippen molar-refractivity contribution in [2.75, 3.05) is 0 Å². The van der Waals surface area contributed by atoms with Crippen LogP contribution in [0.3, 0.4) is 0 Å². The summed E-state index contributed by atoms with van der Waals surface area (Å²) in [6, 6.07) is 2.57. The van der Waals surface area contributed by atoms with Crippen LogP contribution in [0.2, 0.25) is 0 Å². The number of phenolic OH excluding ortho intramolecular Hbond substituents is 1.